The van der Waals surface area contributed by atoms with Crippen molar-refractivity contribution in [2.45, 2.75) is 10.8 Å². The van der Waals surface area contributed by atoms with Crippen LogP contribution in [-0.2, 0) is 19.1 Å². The number of halogens is 1. The van der Waals surface area contributed by atoms with Crippen LogP contribution in [0.1, 0.15) is 6.42 Å². The zero-order valence-electron chi connectivity index (χ0n) is 15.7. The molecule has 0 aliphatic heterocycles. The van der Waals surface area contributed by atoms with Gasteiger partial charge in [0.25, 0.3) is 5.91 Å². The van der Waals surface area contributed by atoms with E-state index in [0.29, 0.717) is 5.69 Å². The van der Waals surface area contributed by atoms with E-state index in [1.165, 1.54) is 52.3 Å². The lowest BCUT2D eigenvalue weighted by Crippen LogP contribution is -2.37. The molecular weight excluding hydrogens is 429 g/mol. The van der Waals surface area contributed by atoms with Gasteiger partial charge in [0.15, 0.2) is 10.9 Å². The topological polar surface area (TPSA) is 103 Å². The zero-order valence-corrected chi connectivity index (χ0v) is 17.4. The molecule has 0 radical (unpaired) electrons. The van der Waals surface area contributed by atoms with Crippen molar-refractivity contribution in [2.75, 3.05) is 23.8 Å². The molecule has 0 unspecified atom stereocenters. The first-order chi connectivity index (χ1) is 14.4. The summed E-state index contributed by atoms with van der Waals surface area (Å²) in [5.74, 6) is -2.15. The third-order valence-corrected chi connectivity index (χ3v) is 6.12. The number of aromatic nitrogens is 1. The van der Waals surface area contributed by atoms with Gasteiger partial charge in [0.1, 0.15) is 5.82 Å². The minimum absolute atomic E-state index is 0.00218. The Labute approximate surface area is 180 Å². The van der Waals surface area contributed by atoms with Gasteiger partial charge in [0.05, 0.1) is 16.0 Å². The van der Waals surface area contributed by atoms with Gasteiger partial charge in [0.2, 0.25) is 5.91 Å². The molecule has 0 aliphatic rings. The van der Waals surface area contributed by atoms with Crippen LogP contribution in [0.2, 0.25) is 0 Å². The minimum Gasteiger partial charge on any atom is -0.455 e. The van der Waals surface area contributed by atoms with Gasteiger partial charge in [-0.1, -0.05) is 23.9 Å². The molecule has 2 aromatic carbocycles. The maximum atomic E-state index is 13.2. The van der Waals surface area contributed by atoms with E-state index < -0.39 is 30.2 Å². The number of primary amides is 1. The van der Waals surface area contributed by atoms with Crippen molar-refractivity contribution in [3.63, 3.8) is 0 Å². The van der Waals surface area contributed by atoms with E-state index in [-0.39, 0.29) is 18.7 Å². The van der Waals surface area contributed by atoms with Crippen LogP contribution < -0.4 is 10.6 Å². The second-order valence-corrected chi connectivity index (χ2v) is 8.39. The summed E-state index contributed by atoms with van der Waals surface area (Å²) in [6.07, 6.45) is -0.0788. The number of nitrogens with two attached hydrogens (primary N) is 1. The van der Waals surface area contributed by atoms with Crippen LogP contribution in [0.25, 0.3) is 10.2 Å². The number of thiazole rings is 1. The monoisotopic (exact) mass is 447 g/mol. The van der Waals surface area contributed by atoms with Crippen molar-refractivity contribution in [3.8, 4) is 0 Å². The molecule has 2 N–H and O–H groups in total. The van der Waals surface area contributed by atoms with E-state index in [1.54, 1.807) is 0 Å². The summed E-state index contributed by atoms with van der Waals surface area (Å²) in [4.78, 5) is 41.3. The normalized spacial score (nSPS) is 10.7. The standard InChI is InChI=1S/C20H18FN3O4S2/c21-13-5-7-14(8-6-13)24(10-9-17(22)25)18(26)11-28-19(27)12-29-20-23-15-3-1-2-4-16(15)30-20/h1-8H,9-12H2,(H2,22,25). The third kappa shape index (κ3) is 6.01. The average molecular weight is 448 g/mol. The van der Waals surface area contributed by atoms with Crippen LogP contribution in [0.5, 0.6) is 0 Å². The molecule has 1 heterocycles. The van der Waals surface area contributed by atoms with Crippen LogP contribution in [0, 0.1) is 5.82 Å². The second kappa shape index (κ2) is 10.2. The molecule has 10 heteroatoms. The number of ether oxygens (including phenoxy) is 1. The van der Waals surface area contributed by atoms with Gasteiger partial charge in [0, 0.05) is 18.7 Å². The highest BCUT2D eigenvalue weighted by Crippen LogP contribution is 2.29. The molecule has 1 aromatic heterocycles. The molecule has 0 saturated heterocycles. The van der Waals surface area contributed by atoms with Crippen molar-refractivity contribution >= 4 is 56.8 Å². The predicted molar refractivity (Wildman–Crippen MR) is 114 cm³/mol. The Morgan fingerprint density at radius 3 is 2.57 bits per heavy atom. The Hall–Kier alpha value is -2.98. The Morgan fingerprint density at radius 2 is 1.87 bits per heavy atom. The lowest BCUT2D eigenvalue weighted by molar-refractivity contribution is -0.145. The fraction of sp³-hybridized carbons (Fsp3) is 0.200. The summed E-state index contributed by atoms with van der Waals surface area (Å²) in [7, 11) is 0. The summed E-state index contributed by atoms with van der Waals surface area (Å²) >= 11 is 2.70. The van der Waals surface area contributed by atoms with Crippen LogP contribution >= 0.6 is 23.1 Å². The molecular formula is C20H18FN3O4S2. The zero-order chi connectivity index (χ0) is 21.5. The molecule has 156 valence electrons. The maximum absolute atomic E-state index is 13.2. The summed E-state index contributed by atoms with van der Waals surface area (Å²) in [6.45, 7) is -0.507. The van der Waals surface area contributed by atoms with Gasteiger partial charge < -0.3 is 15.4 Å². The lowest BCUT2D eigenvalue weighted by atomic mass is 10.2. The number of rotatable bonds is 9. The molecule has 2 amide bonds. The average Bonchev–Trinajstić information content (AvgIpc) is 3.15. The van der Waals surface area contributed by atoms with E-state index in [9.17, 15) is 18.8 Å². The quantitative estimate of drug-likeness (QED) is 0.400. The third-order valence-electron chi connectivity index (χ3n) is 3.97. The van der Waals surface area contributed by atoms with Gasteiger partial charge in [-0.15, -0.1) is 11.3 Å². The number of hydrogen-bond donors (Lipinski definition) is 1. The number of anilines is 1. The van der Waals surface area contributed by atoms with Crippen molar-refractivity contribution in [3.05, 3.63) is 54.3 Å². The molecule has 0 aliphatic carbocycles. The summed E-state index contributed by atoms with van der Waals surface area (Å²) < 4.78 is 20.0. The predicted octanol–water partition coefficient (Wildman–Crippen LogP) is 2.98. The minimum atomic E-state index is -0.584. The largest absolute Gasteiger partial charge is 0.455 e. The first kappa shape index (κ1) is 21.7. The van der Waals surface area contributed by atoms with Crippen LogP contribution in [-0.4, -0.2) is 41.7 Å². The van der Waals surface area contributed by atoms with Gasteiger partial charge in [-0.2, -0.15) is 0 Å². The number of esters is 1. The summed E-state index contributed by atoms with van der Waals surface area (Å²) in [6, 6.07) is 12.8. The summed E-state index contributed by atoms with van der Waals surface area (Å²) in [5, 5.41) is 0. The highest BCUT2D eigenvalue weighted by Gasteiger charge is 2.19. The van der Waals surface area contributed by atoms with Gasteiger partial charge >= 0.3 is 5.97 Å². The van der Waals surface area contributed by atoms with Gasteiger partial charge in [-0.05, 0) is 36.4 Å². The van der Waals surface area contributed by atoms with Crippen LogP contribution in [0.3, 0.4) is 0 Å². The second-order valence-electron chi connectivity index (χ2n) is 6.13. The van der Waals surface area contributed by atoms with E-state index in [2.05, 4.69) is 4.98 Å². The highest BCUT2D eigenvalue weighted by molar-refractivity contribution is 8.01. The first-order valence-corrected chi connectivity index (χ1v) is 10.7. The molecule has 3 aromatic rings. The number of fused-ring (bicyclic) bond motifs is 1. The van der Waals surface area contributed by atoms with E-state index in [0.717, 1.165) is 14.6 Å². The Bertz CT molecular complexity index is 1020. The molecule has 3 rings (SSSR count). The first-order valence-electron chi connectivity index (χ1n) is 8.90. The van der Waals surface area contributed by atoms with E-state index >= 15 is 0 Å². The molecule has 7 nitrogen and oxygen atoms in total. The van der Waals surface area contributed by atoms with Crippen molar-refractivity contribution in [1.82, 2.24) is 4.98 Å². The number of amides is 2. The molecule has 30 heavy (non-hydrogen) atoms. The van der Waals surface area contributed by atoms with Crippen molar-refractivity contribution in [2.24, 2.45) is 5.73 Å². The molecule has 0 atom stereocenters. The number of nitrogens with zero attached hydrogens (tertiary/aromatic N) is 2. The smallest absolute Gasteiger partial charge is 0.316 e. The number of hydrogen-bond acceptors (Lipinski definition) is 7. The number of para-hydroxylation sites is 1. The fourth-order valence-corrected chi connectivity index (χ4v) is 4.40. The highest BCUT2D eigenvalue weighted by atomic mass is 32.2. The lowest BCUT2D eigenvalue weighted by Gasteiger charge is -2.22. The molecule has 0 spiro atoms. The SMILES string of the molecule is NC(=O)CCN(C(=O)COC(=O)CSc1nc2ccccc2s1)c1ccc(F)cc1. The van der Waals surface area contributed by atoms with E-state index in [4.69, 9.17) is 10.5 Å². The van der Waals surface area contributed by atoms with Crippen LogP contribution in [0.15, 0.2) is 52.9 Å². The Morgan fingerprint density at radius 1 is 1.13 bits per heavy atom. The maximum Gasteiger partial charge on any atom is 0.316 e. The molecule has 0 bridgehead atoms. The fourth-order valence-electron chi connectivity index (χ4n) is 2.54. The Balaban J connectivity index is 1.54. The number of benzene rings is 2. The van der Waals surface area contributed by atoms with Crippen molar-refractivity contribution < 1.29 is 23.5 Å². The number of carbonyl (C=O) groups excluding carboxylic acids is 3. The number of carbonyl (C=O) groups is 3. The van der Waals surface area contributed by atoms with Crippen LogP contribution in [0.4, 0.5) is 10.1 Å². The summed E-state index contributed by atoms with van der Waals surface area (Å²) in [5.41, 5.74) is 6.39. The Kier molecular flexibility index (Phi) is 7.36. The van der Waals surface area contributed by atoms with Crippen molar-refractivity contribution in [1.29, 1.82) is 0 Å². The van der Waals surface area contributed by atoms with Gasteiger partial charge in [-0.25, -0.2) is 9.37 Å². The van der Waals surface area contributed by atoms with Gasteiger partial charge in [-0.3, -0.25) is 14.4 Å². The number of thioether (sulfide) groups is 1. The van der Waals surface area contributed by atoms with E-state index in [1.807, 2.05) is 24.3 Å². The molecule has 0 saturated carbocycles. The molecule has 0 fully saturated rings.